The molecular formula is C18H12N2O2. The summed E-state index contributed by atoms with van der Waals surface area (Å²) in [7, 11) is 0. The van der Waals surface area contributed by atoms with E-state index in [0.717, 1.165) is 22.0 Å². The molecule has 0 atom stereocenters. The number of hydrogen-bond acceptors (Lipinski definition) is 4. The van der Waals surface area contributed by atoms with Gasteiger partial charge in [-0.15, -0.1) is 0 Å². The van der Waals surface area contributed by atoms with Crippen LogP contribution in [0.25, 0.3) is 33.3 Å². The molecular weight excluding hydrogens is 276 g/mol. The molecule has 4 rings (SSSR count). The van der Waals surface area contributed by atoms with Gasteiger partial charge in [0.15, 0.2) is 0 Å². The van der Waals surface area contributed by atoms with Gasteiger partial charge in [-0.05, 0) is 36.8 Å². The Balaban J connectivity index is 1.96. The Bertz CT molecular complexity index is 1070. The van der Waals surface area contributed by atoms with Crippen molar-refractivity contribution in [1.82, 2.24) is 9.97 Å². The third kappa shape index (κ3) is 2.05. The third-order valence-corrected chi connectivity index (χ3v) is 3.62. The Morgan fingerprint density at radius 2 is 1.86 bits per heavy atom. The molecule has 0 saturated heterocycles. The lowest BCUT2D eigenvalue weighted by atomic mass is 10.1. The standard InChI is InChI=1S/C18H12N2O2/c1-11-6-7-14-15(8-11)19-10-16(20-14)13-9-12-4-2-3-5-17(12)22-18(13)21/h2-10H,1H3. The number of aromatic nitrogens is 2. The number of rotatable bonds is 1. The van der Waals surface area contributed by atoms with Gasteiger partial charge in [0.25, 0.3) is 0 Å². The second-order valence-electron chi connectivity index (χ2n) is 5.23. The third-order valence-electron chi connectivity index (χ3n) is 3.62. The summed E-state index contributed by atoms with van der Waals surface area (Å²) in [5.41, 5.74) is 3.81. The molecule has 2 heterocycles. The first-order valence-corrected chi connectivity index (χ1v) is 6.97. The topological polar surface area (TPSA) is 56.0 Å². The second kappa shape index (κ2) is 4.77. The molecule has 0 aliphatic carbocycles. The first-order valence-electron chi connectivity index (χ1n) is 6.97. The van der Waals surface area contributed by atoms with Crippen molar-refractivity contribution < 1.29 is 4.42 Å². The molecule has 106 valence electrons. The summed E-state index contributed by atoms with van der Waals surface area (Å²) in [6, 6.07) is 15.1. The van der Waals surface area contributed by atoms with E-state index >= 15 is 0 Å². The number of aryl methyl sites for hydroxylation is 1. The smallest absolute Gasteiger partial charge is 0.345 e. The lowest BCUT2D eigenvalue weighted by Gasteiger charge is -2.04. The van der Waals surface area contributed by atoms with Crippen LogP contribution in [-0.2, 0) is 0 Å². The molecule has 0 aliphatic rings. The Morgan fingerprint density at radius 1 is 1.00 bits per heavy atom. The summed E-state index contributed by atoms with van der Waals surface area (Å²) in [5, 5.41) is 0.864. The molecule has 2 aromatic carbocycles. The molecule has 0 bridgehead atoms. The van der Waals surface area contributed by atoms with E-state index in [-0.39, 0.29) is 0 Å². The van der Waals surface area contributed by atoms with E-state index in [1.165, 1.54) is 0 Å². The predicted molar refractivity (Wildman–Crippen MR) is 85.8 cm³/mol. The lowest BCUT2D eigenvalue weighted by Crippen LogP contribution is -2.04. The van der Waals surface area contributed by atoms with Gasteiger partial charge in [0.1, 0.15) is 5.58 Å². The van der Waals surface area contributed by atoms with E-state index < -0.39 is 5.63 Å². The fourth-order valence-corrected chi connectivity index (χ4v) is 2.49. The Labute approximate surface area is 126 Å². The van der Waals surface area contributed by atoms with Crippen LogP contribution in [0, 0.1) is 6.92 Å². The van der Waals surface area contributed by atoms with Crippen molar-refractivity contribution in [3.63, 3.8) is 0 Å². The molecule has 0 fully saturated rings. The van der Waals surface area contributed by atoms with Crippen LogP contribution in [0.5, 0.6) is 0 Å². The number of hydrogen-bond donors (Lipinski definition) is 0. The minimum atomic E-state index is -0.403. The Kier molecular flexibility index (Phi) is 2.76. The molecule has 0 radical (unpaired) electrons. The van der Waals surface area contributed by atoms with Gasteiger partial charge in [0.05, 0.1) is 28.5 Å². The largest absolute Gasteiger partial charge is 0.422 e. The molecule has 22 heavy (non-hydrogen) atoms. The maximum atomic E-state index is 12.2. The van der Waals surface area contributed by atoms with Gasteiger partial charge in [-0.2, -0.15) is 0 Å². The highest BCUT2D eigenvalue weighted by Gasteiger charge is 2.10. The quantitative estimate of drug-likeness (QED) is 0.501. The molecule has 0 aliphatic heterocycles. The fourth-order valence-electron chi connectivity index (χ4n) is 2.49. The van der Waals surface area contributed by atoms with Crippen LogP contribution in [0.2, 0.25) is 0 Å². The van der Waals surface area contributed by atoms with Crippen molar-refractivity contribution in [2.24, 2.45) is 0 Å². The van der Waals surface area contributed by atoms with E-state index in [4.69, 9.17) is 4.42 Å². The molecule has 0 amide bonds. The number of fused-ring (bicyclic) bond motifs is 2. The van der Waals surface area contributed by atoms with Gasteiger partial charge in [-0.25, -0.2) is 9.78 Å². The summed E-state index contributed by atoms with van der Waals surface area (Å²) < 4.78 is 5.36. The minimum absolute atomic E-state index is 0.403. The average molecular weight is 288 g/mol. The van der Waals surface area contributed by atoms with E-state index in [9.17, 15) is 4.79 Å². The molecule has 0 spiro atoms. The van der Waals surface area contributed by atoms with Gasteiger partial charge >= 0.3 is 5.63 Å². The molecule has 0 unspecified atom stereocenters. The van der Waals surface area contributed by atoms with Crippen molar-refractivity contribution in [3.05, 3.63) is 70.7 Å². The van der Waals surface area contributed by atoms with E-state index in [0.29, 0.717) is 16.8 Å². The van der Waals surface area contributed by atoms with E-state index in [2.05, 4.69) is 9.97 Å². The summed E-state index contributed by atoms with van der Waals surface area (Å²) in [4.78, 5) is 21.1. The first-order chi connectivity index (χ1) is 10.7. The number of benzene rings is 2. The van der Waals surface area contributed by atoms with Crippen molar-refractivity contribution in [2.45, 2.75) is 6.92 Å². The molecule has 2 aromatic heterocycles. The summed E-state index contributed by atoms with van der Waals surface area (Å²) >= 11 is 0. The van der Waals surface area contributed by atoms with E-state index in [1.54, 1.807) is 18.3 Å². The summed E-state index contributed by atoms with van der Waals surface area (Å²) in [6.45, 7) is 2.01. The Morgan fingerprint density at radius 3 is 2.77 bits per heavy atom. The first kappa shape index (κ1) is 12.7. The fraction of sp³-hybridized carbons (Fsp3) is 0.0556. The average Bonchev–Trinajstić information content (AvgIpc) is 2.54. The van der Waals surface area contributed by atoms with Crippen LogP contribution >= 0.6 is 0 Å². The molecule has 0 N–H and O–H groups in total. The highest BCUT2D eigenvalue weighted by atomic mass is 16.4. The maximum Gasteiger partial charge on any atom is 0.345 e. The highest BCUT2D eigenvalue weighted by molar-refractivity contribution is 5.82. The van der Waals surface area contributed by atoms with Gasteiger partial charge in [-0.1, -0.05) is 24.3 Å². The minimum Gasteiger partial charge on any atom is -0.422 e. The van der Waals surface area contributed by atoms with Crippen LogP contribution in [-0.4, -0.2) is 9.97 Å². The normalized spacial score (nSPS) is 11.1. The number of para-hydroxylation sites is 1. The van der Waals surface area contributed by atoms with Crippen LogP contribution < -0.4 is 5.63 Å². The zero-order valence-electron chi connectivity index (χ0n) is 11.9. The van der Waals surface area contributed by atoms with Crippen molar-refractivity contribution in [2.75, 3.05) is 0 Å². The SMILES string of the molecule is Cc1ccc2nc(-c3cc4ccccc4oc3=O)cnc2c1. The van der Waals surface area contributed by atoms with Crippen LogP contribution in [0.15, 0.2) is 63.9 Å². The van der Waals surface area contributed by atoms with Crippen LogP contribution in [0.3, 0.4) is 0 Å². The zero-order chi connectivity index (χ0) is 15.1. The molecule has 4 heteroatoms. The van der Waals surface area contributed by atoms with Crippen LogP contribution in [0.1, 0.15) is 5.56 Å². The molecule has 0 saturated carbocycles. The zero-order valence-corrected chi connectivity index (χ0v) is 11.9. The van der Waals surface area contributed by atoms with Crippen molar-refractivity contribution in [3.8, 4) is 11.3 Å². The number of nitrogens with zero attached hydrogens (tertiary/aromatic N) is 2. The highest BCUT2D eigenvalue weighted by Crippen LogP contribution is 2.21. The monoisotopic (exact) mass is 288 g/mol. The lowest BCUT2D eigenvalue weighted by molar-refractivity contribution is 0.563. The molecule has 4 aromatic rings. The van der Waals surface area contributed by atoms with Gasteiger partial charge in [0, 0.05) is 5.39 Å². The van der Waals surface area contributed by atoms with Crippen LogP contribution in [0.4, 0.5) is 0 Å². The van der Waals surface area contributed by atoms with Gasteiger partial charge in [0.2, 0.25) is 0 Å². The summed E-state index contributed by atoms with van der Waals surface area (Å²) in [6.07, 6.45) is 1.61. The maximum absolute atomic E-state index is 12.2. The Hall–Kier alpha value is -3.01. The van der Waals surface area contributed by atoms with E-state index in [1.807, 2.05) is 43.3 Å². The second-order valence-corrected chi connectivity index (χ2v) is 5.23. The summed E-state index contributed by atoms with van der Waals surface area (Å²) in [5.74, 6) is 0. The van der Waals surface area contributed by atoms with Crippen molar-refractivity contribution in [1.29, 1.82) is 0 Å². The van der Waals surface area contributed by atoms with Crippen molar-refractivity contribution >= 4 is 22.0 Å². The molecule has 4 nitrogen and oxygen atoms in total. The van der Waals surface area contributed by atoms with Gasteiger partial charge < -0.3 is 4.42 Å². The van der Waals surface area contributed by atoms with Gasteiger partial charge in [-0.3, -0.25) is 4.98 Å². The predicted octanol–water partition coefficient (Wildman–Crippen LogP) is 3.71.